The summed E-state index contributed by atoms with van der Waals surface area (Å²) in [6, 6.07) is 4.94. The van der Waals surface area contributed by atoms with Crippen molar-refractivity contribution in [1.29, 1.82) is 5.26 Å². The Morgan fingerprint density at radius 2 is 2.20 bits per heavy atom. The van der Waals surface area contributed by atoms with Crippen LogP contribution in [0.15, 0.2) is 6.07 Å². The first-order valence-corrected chi connectivity index (χ1v) is 7.67. The minimum atomic E-state index is 0.508. The highest BCUT2D eigenvalue weighted by Gasteiger charge is 2.23. The fourth-order valence-electron chi connectivity index (χ4n) is 3.35. The van der Waals surface area contributed by atoms with Gasteiger partial charge in [0.05, 0.1) is 5.56 Å². The fraction of sp³-hybridized carbons (Fsp3) is 0.625. The van der Waals surface area contributed by atoms with E-state index in [4.69, 9.17) is 4.98 Å². The molecule has 1 fully saturated rings. The van der Waals surface area contributed by atoms with Crippen molar-refractivity contribution in [3.05, 3.63) is 22.9 Å². The Labute approximate surface area is 120 Å². The second-order valence-corrected chi connectivity index (χ2v) is 5.86. The summed E-state index contributed by atoms with van der Waals surface area (Å²) in [7, 11) is 2.01. The third kappa shape index (κ3) is 2.51. The molecule has 2 aliphatic rings. The normalized spacial score (nSPS) is 22.2. The molecule has 0 saturated carbocycles. The molecule has 1 aromatic rings. The number of fused-ring (bicyclic) bond motifs is 1. The minimum Gasteiger partial charge on any atom is -0.354 e. The highest BCUT2D eigenvalue weighted by atomic mass is 15.2. The van der Waals surface area contributed by atoms with Crippen LogP contribution in [0.2, 0.25) is 0 Å². The van der Waals surface area contributed by atoms with Crippen LogP contribution >= 0.6 is 0 Å². The molecule has 106 valence electrons. The first-order chi connectivity index (χ1) is 9.81. The monoisotopic (exact) mass is 270 g/mol. The molecular formula is C16H22N4. The first-order valence-electron chi connectivity index (χ1n) is 7.67. The summed E-state index contributed by atoms with van der Waals surface area (Å²) in [5.41, 5.74) is 3.26. The largest absolute Gasteiger partial charge is 0.354 e. The van der Waals surface area contributed by atoms with Gasteiger partial charge in [0, 0.05) is 24.8 Å². The zero-order valence-electron chi connectivity index (χ0n) is 12.2. The molecule has 20 heavy (non-hydrogen) atoms. The van der Waals surface area contributed by atoms with Crippen molar-refractivity contribution < 1.29 is 0 Å². The average Bonchev–Trinajstić information content (AvgIpc) is 2.53. The van der Waals surface area contributed by atoms with Crippen LogP contribution < -0.4 is 10.2 Å². The van der Waals surface area contributed by atoms with Gasteiger partial charge in [-0.1, -0.05) is 0 Å². The number of aryl methyl sites for hydroxylation is 2. The Morgan fingerprint density at radius 1 is 1.35 bits per heavy atom. The molecule has 1 aliphatic carbocycles. The SMILES string of the molecule is CNC1CCCN(c2nc3c(cc2C#N)CCCC3)C1. The van der Waals surface area contributed by atoms with Crippen molar-refractivity contribution in [3.63, 3.8) is 0 Å². The van der Waals surface area contributed by atoms with Crippen molar-refractivity contribution >= 4 is 5.82 Å². The number of nitrogens with zero attached hydrogens (tertiary/aromatic N) is 3. The van der Waals surface area contributed by atoms with Crippen LogP contribution in [0.1, 0.15) is 42.5 Å². The van der Waals surface area contributed by atoms with Gasteiger partial charge in [0.1, 0.15) is 11.9 Å². The van der Waals surface area contributed by atoms with E-state index in [2.05, 4.69) is 22.4 Å². The van der Waals surface area contributed by atoms with Gasteiger partial charge in [-0.2, -0.15) is 5.26 Å². The molecule has 1 aromatic heterocycles. The summed E-state index contributed by atoms with van der Waals surface area (Å²) in [4.78, 5) is 7.14. The molecule has 0 aromatic carbocycles. The van der Waals surface area contributed by atoms with E-state index in [-0.39, 0.29) is 0 Å². The molecule has 3 rings (SSSR count). The molecule has 0 amide bonds. The maximum absolute atomic E-state index is 9.44. The predicted molar refractivity (Wildman–Crippen MR) is 79.9 cm³/mol. The molecule has 1 aliphatic heterocycles. The lowest BCUT2D eigenvalue weighted by Gasteiger charge is -2.34. The van der Waals surface area contributed by atoms with Crippen LogP contribution in [-0.4, -0.2) is 31.2 Å². The molecule has 0 spiro atoms. The molecule has 1 saturated heterocycles. The zero-order chi connectivity index (χ0) is 13.9. The second-order valence-electron chi connectivity index (χ2n) is 5.86. The van der Waals surface area contributed by atoms with Crippen molar-refractivity contribution in [1.82, 2.24) is 10.3 Å². The number of nitrogens with one attached hydrogen (secondary N) is 1. The number of hydrogen-bond acceptors (Lipinski definition) is 4. The van der Waals surface area contributed by atoms with E-state index >= 15 is 0 Å². The van der Waals surface area contributed by atoms with Crippen LogP contribution in [0.3, 0.4) is 0 Å². The van der Waals surface area contributed by atoms with Gasteiger partial charge in [0.2, 0.25) is 0 Å². The van der Waals surface area contributed by atoms with Gasteiger partial charge in [-0.25, -0.2) is 4.98 Å². The fourth-order valence-corrected chi connectivity index (χ4v) is 3.35. The molecule has 1 unspecified atom stereocenters. The minimum absolute atomic E-state index is 0.508. The van der Waals surface area contributed by atoms with E-state index in [1.54, 1.807) is 0 Å². The number of hydrogen-bond donors (Lipinski definition) is 1. The van der Waals surface area contributed by atoms with Crippen LogP contribution in [0.5, 0.6) is 0 Å². The summed E-state index contributed by atoms with van der Waals surface area (Å²) in [6.45, 7) is 1.97. The number of pyridine rings is 1. The van der Waals surface area contributed by atoms with Crippen LogP contribution in [0.25, 0.3) is 0 Å². The van der Waals surface area contributed by atoms with Gasteiger partial charge >= 0.3 is 0 Å². The molecule has 0 radical (unpaired) electrons. The van der Waals surface area contributed by atoms with Crippen molar-refractivity contribution in [2.75, 3.05) is 25.0 Å². The number of nitriles is 1. The molecular weight excluding hydrogens is 248 g/mol. The van der Waals surface area contributed by atoms with Crippen LogP contribution in [-0.2, 0) is 12.8 Å². The van der Waals surface area contributed by atoms with E-state index in [0.29, 0.717) is 6.04 Å². The first kappa shape index (κ1) is 13.4. The van der Waals surface area contributed by atoms with E-state index in [1.807, 2.05) is 7.05 Å². The van der Waals surface area contributed by atoms with Gasteiger partial charge < -0.3 is 10.2 Å². The van der Waals surface area contributed by atoms with Gasteiger partial charge in [-0.3, -0.25) is 0 Å². The predicted octanol–water partition coefficient (Wildman–Crippen LogP) is 2.02. The van der Waals surface area contributed by atoms with E-state index in [0.717, 1.165) is 43.7 Å². The van der Waals surface area contributed by atoms with Crippen molar-refractivity contribution in [2.45, 2.75) is 44.6 Å². The molecule has 2 heterocycles. The summed E-state index contributed by atoms with van der Waals surface area (Å²) in [6.07, 6.45) is 6.97. The Bertz CT molecular complexity index is 532. The average molecular weight is 270 g/mol. The molecule has 4 heteroatoms. The quantitative estimate of drug-likeness (QED) is 0.893. The lowest BCUT2D eigenvalue weighted by Crippen LogP contribution is -2.45. The number of aromatic nitrogens is 1. The number of piperidine rings is 1. The van der Waals surface area contributed by atoms with E-state index < -0.39 is 0 Å². The number of anilines is 1. The Morgan fingerprint density at radius 3 is 3.00 bits per heavy atom. The van der Waals surface area contributed by atoms with Crippen LogP contribution in [0.4, 0.5) is 5.82 Å². The maximum atomic E-state index is 9.44. The third-order valence-corrected chi connectivity index (χ3v) is 4.53. The smallest absolute Gasteiger partial charge is 0.146 e. The topological polar surface area (TPSA) is 52.0 Å². The van der Waals surface area contributed by atoms with Gasteiger partial charge in [0.25, 0.3) is 0 Å². The molecule has 0 bridgehead atoms. The zero-order valence-corrected chi connectivity index (χ0v) is 12.2. The van der Waals surface area contributed by atoms with E-state index in [1.165, 1.54) is 30.5 Å². The van der Waals surface area contributed by atoms with E-state index in [9.17, 15) is 5.26 Å². The summed E-state index contributed by atoms with van der Waals surface area (Å²) >= 11 is 0. The summed E-state index contributed by atoms with van der Waals surface area (Å²) in [5, 5.41) is 12.8. The number of rotatable bonds is 2. The van der Waals surface area contributed by atoms with Gasteiger partial charge in [-0.05, 0) is 57.2 Å². The third-order valence-electron chi connectivity index (χ3n) is 4.53. The second kappa shape index (κ2) is 5.80. The Hall–Kier alpha value is -1.60. The van der Waals surface area contributed by atoms with Crippen molar-refractivity contribution in [2.24, 2.45) is 0 Å². The highest BCUT2D eigenvalue weighted by molar-refractivity contribution is 5.57. The van der Waals surface area contributed by atoms with Crippen LogP contribution in [0, 0.1) is 11.3 Å². The van der Waals surface area contributed by atoms with Gasteiger partial charge in [-0.15, -0.1) is 0 Å². The molecule has 1 atom stereocenters. The number of likely N-dealkylation sites (N-methyl/N-ethyl adjacent to an activating group) is 1. The summed E-state index contributed by atoms with van der Waals surface area (Å²) in [5.74, 6) is 0.910. The Kier molecular flexibility index (Phi) is 3.88. The lowest BCUT2D eigenvalue weighted by molar-refractivity contribution is 0.447. The molecule has 1 N–H and O–H groups in total. The Balaban J connectivity index is 1.93. The van der Waals surface area contributed by atoms with Gasteiger partial charge in [0.15, 0.2) is 0 Å². The molecule has 4 nitrogen and oxygen atoms in total. The lowest BCUT2D eigenvalue weighted by atomic mass is 9.94. The highest BCUT2D eigenvalue weighted by Crippen LogP contribution is 2.28. The maximum Gasteiger partial charge on any atom is 0.146 e. The van der Waals surface area contributed by atoms with Crippen molar-refractivity contribution in [3.8, 4) is 6.07 Å². The standard InChI is InChI=1S/C16H22N4/c1-18-14-6-4-8-20(11-14)16-13(10-17)9-12-5-2-3-7-15(12)19-16/h9,14,18H,2-8,11H2,1H3. The summed E-state index contributed by atoms with van der Waals surface area (Å²) < 4.78 is 0.